The molecule has 0 bridgehead atoms. The van der Waals surface area contributed by atoms with Crippen molar-refractivity contribution in [3.8, 4) is 11.5 Å². The van der Waals surface area contributed by atoms with E-state index in [1.807, 2.05) is 36.4 Å². The first-order valence-corrected chi connectivity index (χ1v) is 8.24. The van der Waals surface area contributed by atoms with Crippen molar-refractivity contribution in [1.29, 1.82) is 0 Å². The minimum absolute atomic E-state index is 0.0606. The highest BCUT2D eigenvalue weighted by atomic mass is 16.5. The van der Waals surface area contributed by atoms with E-state index in [2.05, 4.69) is 10.2 Å². The summed E-state index contributed by atoms with van der Waals surface area (Å²) in [5.74, 6) is 1.08. The average Bonchev–Trinajstić information content (AvgIpc) is 2.67. The highest BCUT2D eigenvalue weighted by Gasteiger charge is 2.12. The molecule has 1 aliphatic heterocycles. The summed E-state index contributed by atoms with van der Waals surface area (Å²) < 4.78 is 16.0. The molecule has 3 rings (SSSR count). The molecule has 0 unspecified atom stereocenters. The number of amides is 1. The van der Waals surface area contributed by atoms with Crippen molar-refractivity contribution >= 4 is 17.3 Å². The summed E-state index contributed by atoms with van der Waals surface area (Å²) in [4.78, 5) is 14.4. The average molecular weight is 342 g/mol. The van der Waals surface area contributed by atoms with Crippen LogP contribution in [0.1, 0.15) is 0 Å². The SMILES string of the molecule is COc1cccc(OCC(=O)Nc2cccc(N3CCOCC3)c2)c1. The number of nitrogens with zero attached hydrogens (tertiary/aromatic N) is 1. The second-order valence-electron chi connectivity index (χ2n) is 5.67. The van der Waals surface area contributed by atoms with Crippen LogP contribution < -0.4 is 19.7 Å². The van der Waals surface area contributed by atoms with Crippen molar-refractivity contribution in [1.82, 2.24) is 0 Å². The van der Waals surface area contributed by atoms with Crippen LogP contribution in [0.25, 0.3) is 0 Å². The van der Waals surface area contributed by atoms with Gasteiger partial charge >= 0.3 is 0 Å². The summed E-state index contributed by atoms with van der Waals surface area (Å²) in [6.07, 6.45) is 0. The summed E-state index contributed by atoms with van der Waals surface area (Å²) in [5.41, 5.74) is 1.83. The van der Waals surface area contributed by atoms with E-state index in [1.165, 1.54) is 0 Å². The maximum absolute atomic E-state index is 12.1. The molecule has 6 heteroatoms. The summed E-state index contributed by atoms with van der Waals surface area (Å²) in [7, 11) is 1.59. The smallest absolute Gasteiger partial charge is 0.262 e. The van der Waals surface area contributed by atoms with Gasteiger partial charge in [0, 0.05) is 30.5 Å². The Morgan fingerprint density at radius 1 is 1.12 bits per heavy atom. The van der Waals surface area contributed by atoms with E-state index in [1.54, 1.807) is 19.2 Å². The normalized spacial score (nSPS) is 14.0. The molecule has 1 amide bonds. The number of anilines is 2. The molecule has 0 aliphatic carbocycles. The van der Waals surface area contributed by atoms with E-state index in [4.69, 9.17) is 14.2 Å². The van der Waals surface area contributed by atoms with E-state index < -0.39 is 0 Å². The minimum atomic E-state index is -0.207. The van der Waals surface area contributed by atoms with Gasteiger partial charge in [-0.15, -0.1) is 0 Å². The van der Waals surface area contributed by atoms with Crippen LogP contribution in [-0.2, 0) is 9.53 Å². The molecule has 1 heterocycles. The first kappa shape index (κ1) is 17.1. The van der Waals surface area contributed by atoms with Gasteiger partial charge in [-0.1, -0.05) is 12.1 Å². The molecule has 132 valence electrons. The monoisotopic (exact) mass is 342 g/mol. The lowest BCUT2D eigenvalue weighted by molar-refractivity contribution is -0.118. The van der Waals surface area contributed by atoms with Gasteiger partial charge in [-0.05, 0) is 30.3 Å². The molecule has 1 fully saturated rings. The molecule has 2 aromatic rings. The first-order valence-electron chi connectivity index (χ1n) is 8.24. The Morgan fingerprint density at radius 2 is 1.88 bits per heavy atom. The fourth-order valence-corrected chi connectivity index (χ4v) is 2.64. The Morgan fingerprint density at radius 3 is 2.68 bits per heavy atom. The number of carbonyl (C=O) groups is 1. The standard InChI is InChI=1S/C19H22N2O4/c1-23-17-6-3-7-18(13-17)25-14-19(22)20-15-4-2-5-16(12-15)21-8-10-24-11-9-21/h2-7,12-13H,8-11,14H2,1H3,(H,20,22). The van der Waals surface area contributed by atoms with Gasteiger partial charge in [0.2, 0.25) is 0 Å². The molecular formula is C19H22N2O4. The van der Waals surface area contributed by atoms with Gasteiger partial charge in [0.25, 0.3) is 5.91 Å². The van der Waals surface area contributed by atoms with Crippen LogP contribution in [0.2, 0.25) is 0 Å². The third-order valence-corrected chi connectivity index (χ3v) is 3.92. The molecular weight excluding hydrogens is 320 g/mol. The number of nitrogens with one attached hydrogen (secondary N) is 1. The van der Waals surface area contributed by atoms with Crippen molar-refractivity contribution in [2.24, 2.45) is 0 Å². The van der Waals surface area contributed by atoms with Gasteiger partial charge in [0.15, 0.2) is 6.61 Å². The Kier molecular flexibility index (Phi) is 5.74. The fraction of sp³-hybridized carbons (Fsp3) is 0.316. The third-order valence-electron chi connectivity index (χ3n) is 3.92. The van der Waals surface area contributed by atoms with Gasteiger partial charge in [-0.3, -0.25) is 4.79 Å². The largest absolute Gasteiger partial charge is 0.497 e. The molecule has 6 nitrogen and oxygen atoms in total. The first-order chi connectivity index (χ1) is 12.2. The molecule has 0 radical (unpaired) electrons. The number of rotatable bonds is 6. The fourth-order valence-electron chi connectivity index (χ4n) is 2.64. The van der Waals surface area contributed by atoms with E-state index in [9.17, 15) is 4.79 Å². The van der Waals surface area contributed by atoms with Crippen LogP contribution in [-0.4, -0.2) is 45.9 Å². The maximum Gasteiger partial charge on any atom is 0.262 e. The minimum Gasteiger partial charge on any atom is -0.497 e. The second-order valence-corrected chi connectivity index (χ2v) is 5.67. The Bertz CT molecular complexity index is 714. The predicted octanol–water partition coefficient (Wildman–Crippen LogP) is 2.55. The molecule has 1 aliphatic rings. The topological polar surface area (TPSA) is 60.0 Å². The highest BCUT2D eigenvalue weighted by molar-refractivity contribution is 5.92. The number of methoxy groups -OCH3 is 1. The maximum atomic E-state index is 12.1. The van der Waals surface area contributed by atoms with Crippen LogP contribution in [0.3, 0.4) is 0 Å². The van der Waals surface area contributed by atoms with Gasteiger partial charge in [-0.25, -0.2) is 0 Å². The Balaban J connectivity index is 1.55. The number of hydrogen-bond acceptors (Lipinski definition) is 5. The van der Waals surface area contributed by atoms with Crippen molar-refractivity contribution in [2.75, 3.05) is 50.2 Å². The van der Waals surface area contributed by atoms with Crippen LogP contribution in [0.4, 0.5) is 11.4 Å². The quantitative estimate of drug-likeness (QED) is 0.874. The number of morpholine rings is 1. The number of carbonyl (C=O) groups excluding carboxylic acids is 1. The summed E-state index contributed by atoms with van der Waals surface area (Å²) in [6.45, 7) is 3.11. The molecule has 1 N–H and O–H groups in total. The van der Waals surface area contributed by atoms with Crippen LogP contribution in [0.5, 0.6) is 11.5 Å². The summed E-state index contributed by atoms with van der Waals surface area (Å²) in [6, 6.07) is 15.0. The molecule has 2 aromatic carbocycles. The predicted molar refractivity (Wildman–Crippen MR) is 96.6 cm³/mol. The van der Waals surface area contributed by atoms with Crippen LogP contribution >= 0.6 is 0 Å². The van der Waals surface area contributed by atoms with Crippen molar-refractivity contribution < 1.29 is 19.0 Å². The molecule has 0 spiro atoms. The van der Waals surface area contributed by atoms with Gasteiger partial charge in [0.1, 0.15) is 11.5 Å². The van der Waals surface area contributed by atoms with Crippen LogP contribution in [0.15, 0.2) is 48.5 Å². The highest BCUT2D eigenvalue weighted by Crippen LogP contribution is 2.21. The zero-order valence-electron chi connectivity index (χ0n) is 14.2. The van der Waals surface area contributed by atoms with Crippen molar-refractivity contribution in [2.45, 2.75) is 0 Å². The lowest BCUT2D eigenvalue weighted by atomic mass is 10.2. The van der Waals surface area contributed by atoms with E-state index in [0.717, 1.165) is 37.7 Å². The van der Waals surface area contributed by atoms with Gasteiger partial charge in [0.05, 0.1) is 20.3 Å². The Hall–Kier alpha value is -2.73. The summed E-state index contributed by atoms with van der Waals surface area (Å²) >= 11 is 0. The van der Waals surface area contributed by atoms with Crippen molar-refractivity contribution in [3.63, 3.8) is 0 Å². The molecule has 25 heavy (non-hydrogen) atoms. The molecule has 0 saturated carbocycles. The zero-order valence-corrected chi connectivity index (χ0v) is 14.2. The number of ether oxygens (including phenoxy) is 3. The van der Waals surface area contributed by atoms with Gasteiger partial charge < -0.3 is 24.4 Å². The van der Waals surface area contributed by atoms with Gasteiger partial charge in [-0.2, -0.15) is 0 Å². The second kappa shape index (κ2) is 8.39. The van der Waals surface area contributed by atoms with Crippen molar-refractivity contribution in [3.05, 3.63) is 48.5 Å². The zero-order chi connectivity index (χ0) is 17.5. The molecule has 1 saturated heterocycles. The molecule has 0 atom stereocenters. The van der Waals surface area contributed by atoms with E-state index in [-0.39, 0.29) is 12.5 Å². The summed E-state index contributed by atoms with van der Waals surface area (Å²) in [5, 5.41) is 2.87. The number of benzene rings is 2. The lowest BCUT2D eigenvalue weighted by Gasteiger charge is -2.29. The third kappa shape index (κ3) is 4.87. The van der Waals surface area contributed by atoms with E-state index >= 15 is 0 Å². The molecule has 0 aromatic heterocycles. The van der Waals surface area contributed by atoms with E-state index in [0.29, 0.717) is 11.5 Å². The Labute approximate surface area is 147 Å². The number of hydrogen-bond donors (Lipinski definition) is 1. The lowest BCUT2D eigenvalue weighted by Crippen LogP contribution is -2.36. The van der Waals surface area contributed by atoms with Crippen LogP contribution in [0, 0.1) is 0 Å².